The van der Waals surface area contributed by atoms with Crippen LogP contribution in [0.2, 0.25) is 0 Å². The van der Waals surface area contributed by atoms with Crippen molar-refractivity contribution in [3.05, 3.63) is 59.2 Å². The predicted octanol–water partition coefficient (Wildman–Crippen LogP) is 5.78. The number of hydrogen-bond acceptors (Lipinski definition) is 2. The van der Waals surface area contributed by atoms with Crippen LogP contribution in [0.5, 0.6) is 0 Å². The van der Waals surface area contributed by atoms with E-state index in [1.807, 2.05) is 0 Å². The molecule has 7 heteroatoms. The molecule has 1 saturated carbocycles. The molecule has 1 aliphatic carbocycles. The van der Waals surface area contributed by atoms with Gasteiger partial charge in [0, 0.05) is 34.0 Å². The molecule has 1 aliphatic rings. The Morgan fingerprint density at radius 3 is 2.31 bits per heavy atom. The maximum atomic E-state index is 14.0. The van der Waals surface area contributed by atoms with Crippen LogP contribution in [-0.2, 0) is 0 Å². The van der Waals surface area contributed by atoms with E-state index >= 15 is 0 Å². The molecule has 0 spiro atoms. The van der Waals surface area contributed by atoms with Gasteiger partial charge in [0.2, 0.25) is 0 Å². The predicted molar refractivity (Wildman–Crippen MR) is 93.4 cm³/mol. The number of halogens is 4. The normalized spacial score (nSPS) is 15.0. The largest absolute Gasteiger partial charge is 0.322 e. The van der Waals surface area contributed by atoms with Crippen molar-refractivity contribution in [2.75, 3.05) is 11.1 Å². The van der Waals surface area contributed by atoms with E-state index < -0.39 is 29.2 Å². The van der Waals surface area contributed by atoms with Gasteiger partial charge < -0.3 is 5.32 Å². The first kappa shape index (κ1) is 18.8. The molecule has 0 unspecified atom stereocenters. The van der Waals surface area contributed by atoms with Gasteiger partial charge in [0.05, 0.1) is 0 Å². The molecule has 0 radical (unpaired) electrons. The summed E-state index contributed by atoms with van der Waals surface area (Å²) < 4.78 is 53.5. The summed E-state index contributed by atoms with van der Waals surface area (Å²) in [5.74, 6) is -4.70. The van der Waals surface area contributed by atoms with E-state index in [2.05, 4.69) is 12.2 Å². The average Bonchev–Trinajstić information content (AvgIpc) is 3.39. The lowest BCUT2D eigenvalue weighted by molar-refractivity contribution is 0.102. The fraction of sp³-hybridized carbons (Fsp3) is 0.316. The number of thioether (sulfide) groups is 1. The van der Waals surface area contributed by atoms with Crippen molar-refractivity contribution >= 4 is 23.4 Å². The number of carbonyl (C=O) groups excluding carboxylic acids is 1. The van der Waals surface area contributed by atoms with Crippen molar-refractivity contribution in [3.63, 3.8) is 0 Å². The summed E-state index contributed by atoms with van der Waals surface area (Å²) in [7, 11) is 0. The van der Waals surface area contributed by atoms with Crippen LogP contribution < -0.4 is 5.32 Å². The second kappa shape index (κ2) is 7.31. The average molecular weight is 383 g/mol. The topological polar surface area (TPSA) is 29.1 Å². The minimum atomic E-state index is -1.60. The molecule has 1 N–H and O–H groups in total. The van der Waals surface area contributed by atoms with E-state index in [1.165, 1.54) is 30.0 Å². The summed E-state index contributed by atoms with van der Waals surface area (Å²) in [6.45, 7) is 2.11. The monoisotopic (exact) mass is 383 g/mol. The number of rotatable bonds is 6. The van der Waals surface area contributed by atoms with Gasteiger partial charge in [-0.3, -0.25) is 4.79 Å². The highest BCUT2D eigenvalue weighted by molar-refractivity contribution is 7.99. The highest BCUT2D eigenvalue weighted by atomic mass is 32.2. The Kier molecular flexibility index (Phi) is 5.27. The molecular formula is C19H17F4NOS. The number of nitrogens with one attached hydrogen (secondary N) is 1. The molecule has 1 amide bonds. The van der Waals surface area contributed by atoms with Crippen LogP contribution in [0.1, 0.15) is 36.5 Å². The van der Waals surface area contributed by atoms with E-state index in [0.29, 0.717) is 17.0 Å². The van der Waals surface area contributed by atoms with Gasteiger partial charge in [-0.2, -0.15) is 0 Å². The van der Waals surface area contributed by atoms with Crippen LogP contribution in [0.25, 0.3) is 0 Å². The van der Waals surface area contributed by atoms with Crippen LogP contribution in [0.15, 0.2) is 35.2 Å². The van der Waals surface area contributed by atoms with Crippen molar-refractivity contribution in [3.8, 4) is 0 Å². The molecule has 0 bridgehead atoms. The number of benzene rings is 2. The van der Waals surface area contributed by atoms with Crippen molar-refractivity contribution in [2.24, 2.45) is 5.41 Å². The van der Waals surface area contributed by atoms with Crippen molar-refractivity contribution in [1.29, 1.82) is 0 Å². The Morgan fingerprint density at radius 2 is 1.73 bits per heavy atom. The molecule has 0 aromatic heterocycles. The Balaban J connectivity index is 1.74. The van der Waals surface area contributed by atoms with Gasteiger partial charge in [-0.05, 0) is 42.9 Å². The third-order valence-corrected chi connectivity index (χ3v) is 6.06. The quantitative estimate of drug-likeness (QED) is 0.389. The molecule has 2 nitrogen and oxygen atoms in total. The van der Waals surface area contributed by atoms with E-state index in [-0.39, 0.29) is 16.7 Å². The highest BCUT2D eigenvalue weighted by Crippen LogP contribution is 2.51. The van der Waals surface area contributed by atoms with Crippen LogP contribution in [0.4, 0.5) is 23.2 Å². The minimum absolute atomic E-state index is 0.153. The van der Waals surface area contributed by atoms with Gasteiger partial charge >= 0.3 is 0 Å². The van der Waals surface area contributed by atoms with Gasteiger partial charge in [0.1, 0.15) is 5.82 Å². The molecule has 0 aliphatic heterocycles. The van der Waals surface area contributed by atoms with Crippen LogP contribution in [-0.4, -0.2) is 11.7 Å². The second-order valence-electron chi connectivity index (χ2n) is 6.50. The fourth-order valence-corrected chi connectivity index (χ4v) is 3.96. The van der Waals surface area contributed by atoms with E-state index in [4.69, 9.17) is 0 Å². The summed E-state index contributed by atoms with van der Waals surface area (Å²) in [4.78, 5) is 12.6. The molecule has 0 saturated heterocycles. The second-order valence-corrected chi connectivity index (χ2v) is 7.51. The Hall–Kier alpha value is -2.02. The van der Waals surface area contributed by atoms with Crippen LogP contribution >= 0.6 is 11.8 Å². The van der Waals surface area contributed by atoms with Gasteiger partial charge in [0.15, 0.2) is 17.5 Å². The lowest BCUT2D eigenvalue weighted by Gasteiger charge is -2.13. The molecule has 138 valence electrons. The number of carbonyl (C=O) groups is 1. The van der Waals surface area contributed by atoms with Crippen LogP contribution in [0, 0.1) is 28.7 Å². The van der Waals surface area contributed by atoms with Crippen molar-refractivity contribution < 1.29 is 22.4 Å². The van der Waals surface area contributed by atoms with E-state index in [1.54, 1.807) is 0 Å². The van der Waals surface area contributed by atoms with Crippen LogP contribution in [0.3, 0.4) is 0 Å². The Bertz CT molecular complexity index is 828. The lowest BCUT2D eigenvalue weighted by atomic mass is 10.1. The maximum Gasteiger partial charge on any atom is 0.255 e. The molecule has 0 atom stereocenters. The fourth-order valence-electron chi connectivity index (χ4n) is 2.59. The maximum absolute atomic E-state index is 14.0. The zero-order chi connectivity index (χ0) is 18.9. The van der Waals surface area contributed by atoms with Crippen molar-refractivity contribution in [1.82, 2.24) is 0 Å². The number of amides is 1. The summed E-state index contributed by atoms with van der Waals surface area (Å²) in [6.07, 6.45) is 3.28. The molecule has 3 rings (SSSR count). The summed E-state index contributed by atoms with van der Waals surface area (Å²) in [5, 5.41) is 2.29. The lowest BCUT2D eigenvalue weighted by Crippen LogP contribution is -2.13. The van der Waals surface area contributed by atoms with E-state index in [0.717, 1.165) is 25.0 Å². The Labute approximate surface area is 153 Å². The molecule has 2 aromatic rings. The summed E-state index contributed by atoms with van der Waals surface area (Å²) >= 11 is 1.36. The summed E-state index contributed by atoms with van der Waals surface area (Å²) in [6, 6.07) is 5.27. The summed E-state index contributed by atoms with van der Waals surface area (Å²) in [5.41, 5.74) is 0.201. The standard InChI is InChI=1S/C19H17F4NOS/c1-2-19(5-6-19)10-26-16-7-11(3-4-13(16)20)18(25)24-12-8-14(21)17(23)15(22)9-12/h3-4,7-9H,2,5-6,10H2,1H3,(H,24,25). The minimum Gasteiger partial charge on any atom is -0.322 e. The van der Waals surface area contributed by atoms with Crippen molar-refractivity contribution in [2.45, 2.75) is 31.1 Å². The number of anilines is 1. The molecular weight excluding hydrogens is 366 g/mol. The van der Waals surface area contributed by atoms with Gasteiger partial charge in [-0.1, -0.05) is 6.92 Å². The number of hydrogen-bond donors (Lipinski definition) is 1. The van der Waals surface area contributed by atoms with Gasteiger partial charge in [-0.25, -0.2) is 17.6 Å². The first-order chi connectivity index (χ1) is 12.3. The Morgan fingerprint density at radius 1 is 1.08 bits per heavy atom. The molecule has 0 heterocycles. The third kappa shape index (κ3) is 4.03. The van der Waals surface area contributed by atoms with Gasteiger partial charge in [0.25, 0.3) is 5.91 Å². The molecule has 2 aromatic carbocycles. The highest BCUT2D eigenvalue weighted by Gasteiger charge is 2.40. The molecule has 26 heavy (non-hydrogen) atoms. The first-order valence-electron chi connectivity index (χ1n) is 8.22. The smallest absolute Gasteiger partial charge is 0.255 e. The zero-order valence-electron chi connectivity index (χ0n) is 14.0. The van der Waals surface area contributed by atoms with E-state index in [9.17, 15) is 22.4 Å². The SMILES string of the molecule is CCC1(CSc2cc(C(=O)Nc3cc(F)c(F)c(F)c3)ccc2F)CC1. The zero-order valence-corrected chi connectivity index (χ0v) is 14.9. The van der Waals surface area contributed by atoms with Gasteiger partial charge in [-0.15, -0.1) is 11.8 Å². The molecule has 1 fully saturated rings. The first-order valence-corrected chi connectivity index (χ1v) is 9.20. The third-order valence-electron chi connectivity index (χ3n) is 4.68.